The first-order chi connectivity index (χ1) is 6.20. The highest BCUT2D eigenvalue weighted by atomic mass is 16.4. The van der Waals surface area contributed by atoms with Crippen molar-refractivity contribution in [2.24, 2.45) is 0 Å². The molecule has 70 valence electrons. The van der Waals surface area contributed by atoms with Crippen LogP contribution in [-0.2, 0) is 0 Å². The molecule has 0 amide bonds. The molecule has 5 heteroatoms. The average Bonchev–Trinajstić information content (AvgIpc) is 2.48. The van der Waals surface area contributed by atoms with Crippen LogP contribution in [0.15, 0.2) is 6.20 Å². The highest BCUT2D eigenvalue weighted by molar-refractivity contribution is 5.93. The lowest BCUT2D eigenvalue weighted by Gasteiger charge is -2.22. The average molecular weight is 181 g/mol. The quantitative estimate of drug-likeness (QED) is 0.677. The lowest BCUT2D eigenvalue weighted by atomic mass is 10.2. The predicted molar refractivity (Wildman–Crippen MR) is 47.0 cm³/mol. The number of hydrogen-bond acceptors (Lipinski definition) is 3. The summed E-state index contributed by atoms with van der Waals surface area (Å²) in [6.45, 7) is 2.84. The summed E-state index contributed by atoms with van der Waals surface area (Å²) in [5.74, 6) is -0.297. The third-order valence-corrected chi connectivity index (χ3v) is 2.30. The zero-order chi connectivity index (χ0) is 9.42. The summed E-state index contributed by atoms with van der Waals surface area (Å²) in [6, 6.07) is 0.282. The van der Waals surface area contributed by atoms with Gasteiger partial charge in [0.05, 0.1) is 12.2 Å². The molecule has 1 atom stereocenters. The number of carboxylic acids is 1. The number of nitrogens with zero attached hydrogens (tertiary/aromatic N) is 2. The molecule has 0 aromatic carbocycles. The van der Waals surface area contributed by atoms with Gasteiger partial charge in [-0.2, -0.15) is 5.10 Å². The van der Waals surface area contributed by atoms with E-state index in [1.54, 1.807) is 4.68 Å². The van der Waals surface area contributed by atoms with Crippen LogP contribution < -0.4 is 5.32 Å². The monoisotopic (exact) mass is 181 g/mol. The maximum absolute atomic E-state index is 10.7. The summed E-state index contributed by atoms with van der Waals surface area (Å²) in [5, 5.41) is 15.9. The van der Waals surface area contributed by atoms with Crippen molar-refractivity contribution < 1.29 is 9.90 Å². The minimum Gasteiger partial charge on any atom is -0.477 e. The Kier molecular flexibility index (Phi) is 1.72. The molecule has 0 aliphatic carbocycles. The number of carboxylic acid groups (broad SMARTS) is 1. The van der Waals surface area contributed by atoms with Crippen molar-refractivity contribution in [1.29, 1.82) is 0 Å². The molecular weight excluding hydrogens is 170 g/mol. The van der Waals surface area contributed by atoms with Crippen LogP contribution in [0.4, 0.5) is 5.82 Å². The van der Waals surface area contributed by atoms with Gasteiger partial charge >= 0.3 is 5.97 Å². The Labute approximate surface area is 75.4 Å². The topological polar surface area (TPSA) is 67.2 Å². The molecule has 2 heterocycles. The molecule has 1 aliphatic rings. The fourth-order valence-corrected chi connectivity index (χ4v) is 1.55. The van der Waals surface area contributed by atoms with Gasteiger partial charge in [0.15, 0.2) is 0 Å². The fourth-order valence-electron chi connectivity index (χ4n) is 1.55. The van der Waals surface area contributed by atoms with Crippen LogP contribution in [0.3, 0.4) is 0 Å². The first kappa shape index (κ1) is 8.10. The summed E-state index contributed by atoms with van der Waals surface area (Å²) in [5.41, 5.74) is 0.256. The van der Waals surface area contributed by atoms with Crippen molar-refractivity contribution in [3.63, 3.8) is 0 Å². The lowest BCUT2D eigenvalue weighted by molar-refractivity contribution is 0.0697. The Morgan fingerprint density at radius 3 is 3.31 bits per heavy atom. The van der Waals surface area contributed by atoms with Gasteiger partial charge in [0.25, 0.3) is 0 Å². The molecule has 0 spiro atoms. The van der Waals surface area contributed by atoms with Crippen LogP contribution in [0.2, 0.25) is 0 Å². The van der Waals surface area contributed by atoms with E-state index in [-0.39, 0.29) is 11.6 Å². The van der Waals surface area contributed by atoms with Crippen LogP contribution in [0.25, 0.3) is 0 Å². The maximum atomic E-state index is 10.7. The molecule has 0 saturated heterocycles. The normalized spacial score (nSPS) is 20.5. The van der Waals surface area contributed by atoms with Crippen molar-refractivity contribution in [2.75, 3.05) is 11.9 Å². The van der Waals surface area contributed by atoms with Crippen LogP contribution in [0, 0.1) is 0 Å². The summed E-state index contributed by atoms with van der Waals surface area (Å²) < 4.78 is 1.73. The number of rotatable bonds is 1. The minimum absolute atomic E-state index is 0.256. The number of aromatic carboxylic acids is 1. The van der Waals surface area contributed by atoms with Crippen LogP contribution in [-0.4, -0.2) is 27.4 Å². The Morgan fingerprint density at radius 2 is 2.62 bits per heavy atom. The standard InChI is InChI=1S/C8H11N3O2/c1-5-2-3-9-7-6(8(12)13)4-10-11(5)7/h4-5,9H,2-3H2,1H3,(H,12,13). The van der Waals surface area contributed by atoms with Crippen LogP contribution in [0.1, 0.15) is 29.7 Å². The number of aromatic nitrogens is 2. The molecule has 1 aliphatic heterocycles. The number of hydrogen-bond donors (Lipinski definition) is 2. The Morgan fingerprint density at radius 1 is 1.85 bits per heavy atom. The molecule has 1 aromatic rings. The van der Waals surface area contributed by atoms with Gasteiger partial charge in [0, 0.05) is 6.54 Å². The third-order valence-electron chi connectivity index (χ3n) is 2.30. The van der Waals surface area contributed by atoms with E-state index >= 15 is 0 Å². The summed E-state index contributed by atoms with van der Waals surface area (Å²) in [4.78, 5) is 10.7. The van der Waals surface area contributed by atoms with E-state index in [1.807, 2.05) is 6.92 Å². The summed E-state index contributed by atoms with van der Waals surface area (Å²) in [6.07, 6.45) is 2.38. The van der Waals surface area contributed by atoms with Crippen molar-refractivity contribution in [2.45, 2.75) is 19.4 Å². The molecule has 1 aromatic heterocycles. The van der Waals surface area contributed by atoms with Gasteiger partial charge in [-0.1, -0.05) is 0 Å². The van der Waals surface area contributed by atoms with Crippen LogP contribution in [0.5, 0.6) is 0 Å². The molecule has 0 radical (unpaired) electrons. The van der Waals surface area contributed by atoms with E-state index in [1.165, 1.54) is 6.20 Å². The highest BCUT2D eigenvalue weighted by Crippen LogP contribution is 2.25. The van der Waals surface area contributed by atoms with E-state index in [4.69, 9.17) is 5.11 Å². The smallest absolute Gasteiger partial charge is 0.341 e. The zero-order valence-electron chi connectivity index (χ0n) is 7.32. The molecule has 0 bridgehead atoms. The van der Waals surface area contributed by atoms with Crippen molar-refractivity contribution in [3.8, 4) is 0 Å². The van der Waals surface area contributed by atoms with Gasteiger partial charge in [0.1, 0.15) is 11.4 Å². The second kappa shape index (κ2) is 2.76. The fraction of sp³-hybridized carbons (Fsp3) is 0.500. The number of anilines is 1. The Bertz CT molecular complexity index is 345. The number of nitrogens with one attached hydrogen (secondary N) is 1. The van der Waals surface area contributed by atoms with E-state index in [0.29, 0.717) is 5.82 Å². The van der Waals surface area contributed by atoms with Crippen molar-refractivity contribution in [3.05, 3.63) is 11.8 Å². The molecule has 13 heavy (non-hydrogen) atoms. The van der Waals surface area contributed by atoms with E-state index in [0.717, 1.165) is 13.0 Å². The van der Waals surface area contributed by atoms with E-state index in [2.05, 4.69) is 10.4 Å². The summed E-state index contributed by atoms with van der Waals surface area (Å²) in [7, 11) is 0. The molecule has 0 fully saturated rings. The van der Waals surface area contributed by atoms with E-state index in [9.17, 15) is 4.79 Å². The van der Waals surface area contributed by atoms with Gasteiger partial charge in [-0.3, -0.25) is 0 Å². The molecule has 1 unspecified atom stereocenters. The summed E-state index contributed by atoms with van der Waals surface area (Å²) >= 11 is 0. The second-order valence-corrected chi connectivity index (χ2v) is 3.22. The number of carbonyl (C=O) groups is 1. The van der Waals surface area contributed by atoms with Gasteiger partial charge in [-0.25, -0.2) is 9.48 Å². The molecule has 2 rings (SSSR count). The van der Waals surface area contributed by atoms with E-state index < -0.39 is 5.97 Å². The maximum Gasteiger partial charge on any atom is 0.341 e. The second-order valence-electron chi connectivity index (χ2n) is 3.22. The predicted octanol–water partition coefficient (Wildman–Crippen LogP) is 0.958. The highest BCUT2D eigenvalue weighted by Gasteiger charge is 2.22. The van der Waals surface area contributed by atoms with Gasteiger partial charge in [-0.15, -0.1) is 0 Å². The van der Waals surface area contributed by atoms with Crippen LogP contribution >= 0.6 is 0 Å². The first-order valence-electron chi connectivity index (χ1n) is 4.25. The van der Waals surface area contributed by atoms with Crippen molar-refractivity contribution in [1.82, 2.24) is 9.78 Å². The largest absolute Gasteiger partial charge is 0.477 e. The third kappa shape index (κ3) is 1.16. The van der Waals surface area contributed by atoms with Gasteiger partial charge in [0.2, 0.25) is 0 Å². The van der Waals surface area contributed by atoms with Crippen molar-refractivity contribution >= 4 is 11.8 Å². The van der Waals surface area contributed by atoms with Gasteiger partial charge in [-0.05, 0) is 13.3 Å². The minimum atomic E-state index is -0.928. The van der Waals surface area contributed by atoms with Gasteiger partial charge < -0.3 is 10.4 Å². The first-order valence-corrected chi connectivity index (χ1v) is 4.25. The Hall–Kier alpha value is -1.52. The molecule has 2 N–H and O–H groups in total. The SMILES string of the molecule is CC1CCNc2c(C(=O)O)cnn21. The number of fused-ring (bicyclic) bond motifs is 1. The Balaban J connectivity index is 2.47. The molecule has 0 saturated carbocycles. The lowest BCUT2D eigenvalue weighted by Crippen LogP contribution is -2.22. The molecular formula is C8H11N3O2. The zero-order valence-corrected chi connectivity index (χ0v) is 7.32. The molecule has 5 nitrogen and oxygen atoms in total.